The monoisotopic (exact) mass is 258 g/mol. The molecule has 0 aliphatic carbocycles. The van der Waals surface area contributed by atoms with Crippen LogP contribution in [0.15, 0.2) is 18.2 Å². The van der Waals surface area contributed by atoms with Crippen LogP contribution >= 0.6 is 0 Å². The van der Waals surface area contributed by atoms with E-state index in [4.69, 9.17) is 10.5 Å². The van der Waals surface area contributed by atoms with Gasteiger partial charge in [0.05, 0.1) is 12.6 Å². The van der Waals surface area contributed by atoms with E-state index in [2.05, 4.69) is 0 Å². The fraction of sp³-hybridized carbons (Fsp3) is 0.538. The van der Waals surface area contributed by atoms with Gasteiger partial charge in [-0.3, -0.25) is 4.90 Å². The standard InChI is InChI=1S/C13H20F2N2O/c1-3-17(7-8-18-2)12(9-16)10-5-4-6-11(14)13(10)15/h4-6,12H,3,7-9,16H2,1-2H3. The maximum absolute atomic E-state index is 13.8. The van der Waals surface area contributed by atoms with E-state index in [0.717, 1.165) is 6.07 Å². The molecule has 0 fully saturated rings. The molecule has 0 aliphatic heterocycles. The highest BCUT2D eigenvalue weighted by molar-refractivity contribution is 5.23. The molecule has 0 radical (unpaired) electrons. The summed E-state index contributed by atoms with van der Waals surface area (Å²) < 4.78 is 32.0. The van der Waals surface area contributed by atoms with Crippen LogP contribution in [0.25, 0.3) is 0 Å². The van der Waals surface area contributed by atoms with E-state index in [1.54, 1.807) is 13.2 Å². The van der Waals surface area contributed by atoms with Gasteiger partial charge in [-0.05, 0) is 12.6 Å². The highest BCUT2D eigenvalue weighted by Crippen LogP contribution is 2.23. The molecule has 0 amide bonds. The molecule has 0 spiro atoms. The van der Waals surface area contributed by atoms with Crippen molar-refractivity contribution in [2.75, 3.05) is 33.4 Å². The van der Waals surface area contributed by atoms with Crippen LogP contribution in [0, 0.1) is 11.6 Å². The lowest BCUT2D eigenvalue weighted by atomic mass is 10.0. The quantitative estimate of drug-likeness (QED) is 0.812. The smallest absolute Gasteiger partial charge is 0.163 e. The van der Waals surface area contributed by atoms with E-state index < -0.39 is 11.6 Å². The van der Waals surface area contributed by atoms with Gasteiger partial charge in [-0.25, -0.2) is 8.78 Å². The molecule has 0 aromatic heterocycles. The van der Waals surface area contributed by atoms with Crippen LogP contribution in [0.5, 0.6) is 0 Å². The maximum Gasteiger partial charge on any atom is 0.163 e. The van der Waals surface area contributed by atoms with Crippen LogP contribution in [0.4, 0.5) is 8.78 Å². The van der Waals surface area contributed by atoms with Gasteiger partial charge in [-0.1, -0.05) is 19.1 Å². The first-order valence-corrected chi connectivity index (χ1v) is 6.02. The molecule has 102 valence electrons. The number of nitrogens with zero attached hydrogens (tertiary/aromatic N) is 1. The van der Waals surface area contributed by atoms with Gasteiger partial charge >= 0.3 is 0 Å². The lowest BCUT2D eigenvalue weighted by molar-refractivity contribution is 0.124. The second-order valence-electron chi connectivity index (χ2n) is 4.02. The van der Waals surface area contributed by atoms with Crippen LogP contribution in [-0.4, -0.2) is 38.3 Å². The summed E-state index contributed by atoms with van der Waals surface area (Å²) in [5.74, 6) is -1.66. The number of likely N-dealkylation sites (N-methyl/N-ethyl adjacent to an activating group) is 1. The van der Waals surface area contributed by atoms with Crippen molar-refractivity contribution in [1.29, 1.82) is 0 Å². The summed E-state index contributed by atoms with van der Waals surface area (Å²) in [6.07, 6.45) is 0. The fourth-order valence-electron chi connectivity index (χ4n) is 1.99. The summed E-state index contributed by atoms with van der Waals surface area (Å²) in [5.41, 5.74) is 6.00. The summed E-state index contributed by atoms with van der Waals surface area (Å²) >= 11 is 0. The van der Waals surface area contributed by atoms with Gasteiger partial charge in [-0.15, -0.1) is 0 Å². The minimum atomic E-state index is -0.839. The summed E-state index contributed by atoms with van der Waals surface area (Å²) in [6.45, 7) is 4.04. The second-order valence-corrected chi connectivity index (χ2v) is 4.02. The Labute approximate surface area is 107 Å². The Bertz CT molecular complexity index is 374. The summed E-state index contributed by atoms with van der Waals surface area (Å²) in [7, 11) is 1.61. The van der Waals surface area contributed by atoms with Gasteiger partial charge in [-0.2, -0.15) is 0 Å². The van der Waals surface area contributed by atoms with E-state index in [1.807, 2.05) is 11.8 Å². The zero-order valence-corrected chi connectivity index (χ0v) is 10.8. The predicted octanol–water partition coefficient (Wildman–Crippen LogP) is 1.93. The molecule has 18 heavy (non-hydrogen) atoms. The van der Waals surface area contributed by atoms with Crippen LogP contribution in [0.1, 0.15) is 18.5 Å². The molecule has 1 unspecified atom stereocenters. The van der Waals surface area contributed by atoms with Gasteiger partial charge in [0.25, 0.3) is 0 Å². The summed E-state index contributed by atoms with van der Waals surface area (Å²) in [4.78, 5) is 1.97. The SMILES string of the molecule is CCN(CCOC)C(CN)c1cccc(F)c1F. The van der Waals surface area contributed by atoms with Gasteiger partial charge in [0.1, 0.15) is 0 Å². The second kappa shape index (κ2) is 7.41. The molecule has 1 rings (SSSR count). The Morgan fingerprint density at radius 1 is 1.39 bits per heavy atom. The van der Waals surface area contributed by atoms with E-state index in [0.29, 0.717) is 25.3 Å². The Morgan fingerprint density at radius 3 is 2.67 bits per heavy atom. The van der Waals surface area contributed by atoms with Gasteiger partial charge < -0.3 is 10.5 Å². The number of hydrogen-bond donors (Lipinski definition) is 1. The third-order valence-electron chi connectivity index (χ3n) is 2.99. The number of halogens is 2. The van der Waals surface area contributed by atoms with Gasteiger partial charge in [0, 0.05) is 25.8 Å². The van der Waals surface area contributed by atoms with Crippen molar-refractivity contribution in [3.63, 3.8) is 0 Å². The molecule has 1 aromatic carbocycles. The first-order chi connectivity index (χ1) is 8.65. The molecule has 1 atom stereocenters. The zero-order chi connectivity index (χ0) is 13.5. The number of ether oxygens (including phenoxy) is 1. The number of nitrogens with two attached hydrogens (primary N) is 1. The molecule has 0 saturated heterocycles. The largest absolute Gasteiger partial charge is 0.383 e. The summed E-state index contributed by atoms with van der Waals surface area (Å²) in [6, 6.07) is 3.85. The average Bonchev–Trinajstić information content (AvgIpc) is 2.38. The summed E-state index contributed by atoms with van der Waals surface area (Å²) in [5, 5.41) is 0. The van der Waals surface area contributed by atoms with Crippen molar-refractivity contribution in [3.05, 3.63) is 35.4 Å². The van der Waals surface area contributed by atoms with Crippen LogP contribution in [-0.2, 0) is 4.74 Å². The van der Waals surface area contributed by atoms with E-state index in [1.165, 1.54) is 6.07 Å². The van der Waals surface area contributed by atoms with Crippen molar-refractivity contribution in [1.82, 2.24) is 4.90 Å². The minimum Gasteiger partial charge on any atom is -0.383 e. The van der Waals surface area contributed by atoms with E-state index >= 15 is 0 Å². The number of rotatable bonds is 7. The van der Waals surface area contributed by atoms with E-state index in [9.17, 15) is 8.78 Å². The first kappa shape index (κ1) is 15.0. The van der Waals surface area contributed by atoms with Crippen molar-refractivity contribution in [3.8, 4) is 0 Å². The molecular weight excluding hydrogens is 238 g/mol. The molecular formula is C13H20F2N2O. The number of hydrogen-bond acceptors (Lipinski definition) is 3. The molecule has 0 bridgehead atoms. The molecule has 1 aromatic rings. The van der Waals surface area contributed by atoms with Crippen molar-refractivity contribution in [2.45, 2.75) is 13.0 Å². The van der Waals surface area contributed by atoms with Gasteiger partial charge in [0.2, 0.25) is 0 Å². The highest BCUT2D eigenvalue weighted by atomic mass is 19.2. The molecule has 3 nitrogen and oxygen atoms in total. The normalized spacial score (nSPS) is 13.0. The molecule has 0 aliphatic rings. The molecule has 2 N–H and O–H groups in total. The Balaban J connectivity index is 2.96. The fourth-order valence-corrected chi connectivity index (χ4v) is 1.99. The van der Waals surface area contributed by atoms with Crippen molar-refractivity contribution < 1.29 is 13.5 Å². The van der Waals surface area contributed by atoms with Crippen molar-refractivity contribution in [2.24, 2.45) is 5.73 Å². The first-order valence-electron chi connectivity index (χ1n) is 6.02. The van der Waals surface area contributed by atoms with Crippen LogP contribution in [0.2, 0.25) is 0 Å². The lowest BCUT2D eigenvalue weighted by Crippen LogP contribution is -2.36. The van der Waals surface area contributed by atoms with Crippen molar-refractivity contribution >= 4 is 0 Å². The Kier molecular flexibility index (Phi) is 6.18. The third-order valence-corrected chi connectivity index (χ3v) is 2.99. The zero-order valence-electron chi connectivity index (χ0n) is 10.8. The predicted molar refractivity (Wildman–Crippen MR) is 67.3 cm³/mol. The average molecular weight is 258 g/mol. The highest BCUT2D eigenvalue weighted by Gasteiger charge is 2.22. The topological polar surface area (TPSA) is 38.5 Å². The number of methoxy groups -OCH3 is 1. The molecule has 0 heterocycles. The molecule has 5 heteroatoms. The van der Waals surface area contributed by atoms with Crippen LogP contribution in [0.3, 0.4) is 0 Å². The Morgan fingerprint density at radius 2 is 2.11 bits per heavy atom. The van der Waals surface area contributed by atoms with E-state index in [-0.39, 0.29) is 12.6 Å². The molecule has 0 saturated carbocycles. The van der Waals surface area contributed by atoms with Gasteiger partial charge in [0.15, 0.2) is 11.6 Å². The number of benzene rings is 1. The van der Waals surface area contributed by atoms with Crippen LogP contribution < -0.4 is 5.73 Å². The Hall–Kier alpha value is -1.04. The third kappa shape index (κ3) is 3.48. The lowest BCUT2D eigenvalue weighted by Gasteiger charge is -2.30. The maximum atomic E-state index is 13.8. The minimum absolute atomic E-state index is 0.234.